The number of fused-ring (bicyclic) bond motifs is 1. The number of amides is 3. The highest BCUT2D eigenvalue weighted by Crippen LogP contribution is 2.53. The van der Waals surface area contributed by atoms with Gasteiger partial charge >= 0.3 is 0 Å². The van der Waals surface area contributed by atoms with Gasteiger partial charge in [0.1, 0.15) is 0 Å². The number of likely N-dealkylation sites (tertiary alicyclic amines) is 2. The van der Waals surface area contributed by atoms with Crippen molar-refractivity contribution in [1.29, 1.82) is 0 Å². The second kappa shape index (κ2) is 6.59. The van der Waals surface area contributed by atoms with Gasteiger partial charge in [0, 0.05) is 57.1 Å². The summed E-state index contributed by atoms with van der Waals surface area (Å²) in [5.41, 5.74) is 5.35. The Morgan fingerprint density at radius 2 is 1.40 bits per heavy atom. The third kappa shape index (κ3) is 3.14. The highest BCUT2D eigenvalue weighted by atomic mass is 16.5. The minimum Gasteiger partial charge on any atom is -0.381 e. The molecule has 3 atom stereocenters. The zero-order valence-corrected chi connectivity index (χ0v) is 14.6. The number of nitrogens with zero attached hydrogens (tertiary/aromatic N) is 2. The van der Waals surface area contributed by atoms with Crippen molar-refractivity contribution in [3.63, 3.8) is 0 Å². The molecule has 1 unspecified atom stereocenters. The lowest BCUT2D eigenvalue weighted by atomic mass is 9.96. The molecule has 25 heavy (non-hydrogen) atoms. The van der Waals surface area contributed by atoms with E-state index in [1.807, 2.05) is 9.80 Å². The van der Waals surface area contributed by atoms with Gasteiger partial charge in [-0.2, -0.15) is 0 Å². The Kier molecular flexibility index (Phi) is 4.43. The number of primary amides is 1. The fraction of sp³-hybridized carbons (Fsp3) is 0.833. The molecule has 4 rings (SSSR count). The molecular formula is C18H27N3O4. The lowest BCUT2D eigenvalue weighted by molar-refractivity contribution is -0.140. The average molecular weight is 349 g/mol. The molecule has 7 nitrogen and oxygen atoms in total. The molecule has 1 aliphatic carbocycles. The molecule has 1 saturated carbocycles. The molecule has 0 aromatic heterocycles. The molecule has 0 bridgehead atoms. The molecule has 3 heterocycles. The SMILES string of the molecule is NC(=O)C1CCN(C(=O)C2[C@H]3CN(C(=O)C4CCOCC4)C[C@@H]23)CC1. The first-order valence-electron chi connectivity index (χ1n) is 9.51. The van der Waals surface area contributed by atoms with Gasteiger partial charge in [-0.25, -0.2) is 0 Å². The van der Waals surface area contributed by atoms with Gasteiger partial charge in [0.25, 0.3) is 0 Å². The van der Waals surface area contributed by atoms with Crippen molar-refractivity contribution in [2.24, 2.45) is 35.3 Å². The van der Waals surface area contributed by atoms with E-state index in [0.717, 1.165) is 25.9 Å². The van der Waals surface area contributed by atoms with Gasteiger partial charge in [0.05, 0.1) is 0 Å². The van der Waals surface area contributed by atoms with Crippen LogP contribution in [0.1, 0.15) is 25.7 Å². The van der Waals surface area contributed by atoms with Crippen LogP contribution in [0.2, 0.25) is 0 Å². The van der Waals surface area contributed by atoms with E-state index in [1.54, 1.807) is 0 Å². The molecule has 4 aliphatic rings. The highest BCUT2D eigenvalue weighted by molar-refractivity contribution is 5.85. The molecule has 4 fully saturated rings. The Morgan fingerprint density at radius 3 is 1.96 bits per heavy atom. The van der Waals surface area contributed by atoms with Crippen LogP contribution in [-0.2, 0) is 19.1 Å². The van der Waals surface area contributed by atoms with Crippen LogP contribution >= 0.6 is 0 Å². The molecular weight excluding hydrogens is 322 g/mol. The maximum absolute atomic E-state index is 12.7. The predicted octanol–water partition coefficient (Wildman–Crippen LogP) is -0.159. The molecule has 7 heteroatoms. The molecule has 3 amide bonds. The van der Waals surface area contributed by atoms with Gasteiger partial charge in [-0.3, -0.25) is 14.4 Å². The minimum absolute atomic E-state index is 0.0869. The molecule has 0 aromatic rings. The van der Waals surface area contributed by atoms with Crippen LogP contribution < -0.4 is 5.73 Å². The molecule has 0 spiro atoms. The third-order valence-corrected chi connectivity index (χ3v) is 6.57. The van der Waals surface area contributed by atoms with Crippen molar-refractivity contribution in [3.05, 3.63) is 0 Å². The maximum atomic E-state index is 12.7. The van der Waals surface area contributed by atoms with E-state index >= 15 is 0 Å². The zero-order chi connectivity index (χ0) is 17.6. The van der Waals surface area contributed by atoms with Gasteiger partial charge < -0.3 is 20.3 Å². The molecule has 0 aromatic carbocycles. The second-order valence-electron chi connectivity index (χ2n) is 7.99. The molecule has 3 saturated heterocycles. The van der Waals surface area contributed by atoms with Crippen LogP contribution in [0.4, 0.5) is 0 Å². The Balaban J connectivity index is 1.26. The summed E-state index contributed by atoms with van der Waals surface area (Å²) in [6, 6.07) is 0. The van der Waals surface area contributed by atoms with E-state index in [-0.39, 0.29) is 35.5 Å². The summed E-state index contributed by atoms with van der Waals surface area (Å²) in [4.78, 5) is 40.4. The van der Waals surface area contributed by atoms with Crippen LogP contribution in [0, 0.1) is 29.6 Å². The number of piperidine rings is 2. The van der Waals surface area contributed by atoms with E-state index < -0.39 is 0 Å². The normalized spacial score (nSPS) is 33.2. The van der Waals surface area contributed by atoms with Crippen molar-refractivity contribution < 1.29 is 19.1 Å². The number of rotatable bonds is 3. The fourth-order valence-corrected chi connectivity index (χ4v) is 4.87. The summed E-state index contributed by atoms with van der Waals surface area (Å²) in [5, 5.41) is 0. The molecule has 138 valence electrons. The summed E-state index contributed by atoms with van der Waals surface area (Å²) < 4.78 is 5.33. The Morgan fingerprint density at radius 1 is 0.800 bits per heavy atom. The van der Waals surface area contributed by atoms with Crippen LogP contribution in [0.5, 0.6) is 0 Å². The van der Waals surface area contributed by atoms with E-state index in [0.29, 0.717) is 51.0 Å². The monoisotopic (exact) mass is 349 g/mol. The van der Waals surface area contributed by atoms with Crippen molar-refractivity contribution in [2.75, 3.05) is 39.4 Å². The van der Waals surface area contributed by atoms with Gasteiger partial charge in [0.15, 0.2) is 0 Å². The van der Waals surface area contributed by atoms with Crippen LogP contribution in [-0.4, -0.2) is 66.9 Å². The minimum atomic E-state index is -0.252. The van der Waals surface area contributed by atoms with Crippen molar-refractivity contribution in [3.8, 4) is 0 Å². The summed E-state index contributed by atoms with van der Waals surface area (Å²) in [6.45, 7) is 4.09. The van der Waals surface area contributed by atoms with E-state index in [4.69, 9.17) is 10.5 Å². The van der Waals surface area contributed by atoms with E-state index in [1.165, 1.54) is 0 Å². The standard InChI is InChI=1S/C18H27N3O4/c19-16(22)11-1-5-20(6-2-11)18(24)15-13-9-21(10-14(13)15)17(23)12-3-7-25-8-4-12/h11-15H,1-10H2,(H2,19,22)/t13-,14+,15?. The Hall–Kier alpha value is -1.63. The van der Waals surface area contributed by atoms with E-state index in [9.17, 15) is 14.4 Å². The number of hydrogen-bond acceptors (Lipinski definition) is 4. The topological polar surface area (TPSA) is 92.9 Å². The average Bonchev–Trinajstić information content (AvgIpc) is 3.14. The van der Waals surface area contributed by atoms with Crippen molar-refractivity contribution >= 4 is 17.7 Å². The van der Waals surface area contributed by atoms with Gasteiger partial charge in [0.2, 0.25) is 17.7 Å². The molecule has 2 N–H and O–H groups in total. The van der Waals surface area contributed by atoms with Crippen LogP contribution in [0.15, 0.2) is 0 Å². The second-order valence-corrected chi connectivity index (χ2v) is 7.99. The lowest BCUT2D eigenvalue weighted by Gasteiger charge is -2.32. The summed E-state index contributed by atoms with van der Waals surface area (Å²) >= 11 is 0. The number of carbonyl (C=O) groups is 3. The zero-order valence-electron chi connectivity index (χ0n) is 14.6. The number of nitrogens with two attached hydrogens (primary N) is 1. The predicted molar refractivity (Wildman–Crippen MR) is 89.1 cm³/mol. The number of carbonyl (C=O) groups excluding carboxylic acids is 3. The van der Waals surface area contributed by atoms with Crippen molar-refractivity contribution in [2.45, 2.75) is 25.7 Å². The van der Waals surface area contributed by atoms with Crippen molar-refractivity contribution in [1.82, 2.24) is 9.80 Å². The summed E-state index contributed by atoms with van der Waals surface area (Å²) in [5.74, 6) is 1.00. The fourth-order valence-electron chi connectivity index (χ4n) is 4.87. The van der Waals surface area contributed by atoms with Gasteiger partial charge in [-0.1, -0.05) is 0 Å². The highest BCUT2D eigenvalue weighted by Gasteiger charge is 2.61. The Labute approximate surface area is 147 Å². The number of hydrogen-bond donors (Lipinski definition) is 1. The lowest BCUT2D eigenvalue weighted by Crippen LogP contribution is -2.44. The first-order chi connectivity index (χ1) is 12.1. The maximum Gasteiger partial charge on any atom is 0.226 e. The van der Waals surface area contributed by atoms with Crippen LogP contribution in [0.3, 0.4) is 0 Å². The molecule has 3 aliphatic heterocycles. The first-order valence-corrected chi connectivity index (χ1v) is 9.51. The van der Waals surface area contributed by atoms with Gasteiger partial charge in [-0.15, -0.1) is 0 Å². The summed E-state index contributed by atoms with van der Waals surface area (Å²) in [6.07, 6.45) is 3.00. The van der Waals surface area contributed by atoms with Crippen LogP contribution in [0.25, 0.3) is 0 Å². The number of ether oxygens (including phenoxy) is 1. The smallest absolute Gasteiger partial charge is 0.226 e. The third-order valence-electron chi connectivity index (χ3n) is 6.57. The van der Waals surface area contributed by atoms with Gasteiger partial charge in [-0.05, 0) is 37.5 Å². The van der Waals surface area contributed by atoms with E-state index in [2.05, 4.69) is 0 Å². The first kappa shape index (κ1) is 16.8. The molecule has 0 radical (unpaired) electrons. The Bertz CT molecular complexity index is 555. The summed E-state index contributed by atoms with van der Waals surface area (Å²) in [7, 11) is 0. The quantitative estimate of drug-likeness (QED) is 0.766. The largest absolute Gasteiger partial charge is 0.381 e.